The fourth-order valence-corrected chi connectivity index (χ4v) is 1.25. The largest absolute Gasteiger partial charge is 0.306 e. The maximum atomic E-state index is 11.2. The van der Waals surface area contributed by atoms with Gasteiger partial charge in [0, 0.05) is 11.6 Å². The second-order valence-corrected chi connectivity index (χ2v) is 2.96. The second kappa shape index (κ2) is 3.76. The molecule has 0 fully saturated rings. The summed E-state index contributed by atoms with van der Waals surface area (Å²) in [7, 11) is 0. The van der Waals surface area contributed by atoms with Gasteiger partial charge >= 0.3 is 0 Å². The van der Waals surface area contributed by atoms with Crippen molar-refractivity contribution in [2.24, 2.45) is 0 Å². The lowest BCUT2D eigenvalue weighted by atomic mass is 10.2. The summed E-state index contributed by atoms with van der Waals surface area (Å²) in [5.41, 5.74) is 0.588. The summed E-state index contributed by atoms with van der Waals surface area (Å²) in [6.45, 7) is 0. The van der Waals surface area contributed by atoms with Gasteiger partial charge in [0.05, 0.1) is 0 Å². The first-order valence-corrected chi connectivity index (χ1v) is 4.36. The maximum absolute atomic E-state index is 11.2. The lowest BCUT2D eigenvalue weighted by Crippen LogP contribution is -2.08. The monoisotopic (exact) mass is 197 g/mol. The molecule has 0 saturated carbocycles. The molecule has 15 heavy (non-hydrogen) atoms. The van der Waals surface area contributed by atoms with Crippen molar-refractivity contribution in [3.05, 3.63) is 52.4 Å². The van der Waals surface area contributed by atoms with Crippen LogP contribution in [0.3, 0.4) is 0 Å². The highest BCUT2D eigenvalue weighted by molar-refractivity contribution is 5.54. The Morgan fingerprint density at radius 1 is 1.27 bits per heavy atom. The van der Waals surface area contributed by atoms with Crippen LogP contribution in [0, 0.1) is 11.3 Å². The Kier molecular flexibility index (Phi) is 2.30. The van der Waals surface area contributed by atoms with Gasteiger partial charge in [0.1, 0.15) is 17.6 Å². The molecule has 72 valence electrons. The van der Waals surface area contributed by atoms with Gasteiger partial charge in [-0.05, 0) is 0 Å². The molecule has 4 nitrogen and oxygen atoms in total. The molecule has 0 bridgehead atoms. The number of benzene rings is 1. The van der Waals surface area contributed by atoms with Gasteiger partial charge in [-0.2, -0.15) is 5.26 Å². The van der Waals surface area contributed by atoms with E-state index in [1.54, 1.807) is 0 Å². The number of aromatic nitrogens is 2. The molecule has 0 amide bonds. The van der Waals surface area contributed by atoms with Crippen molar-refractivity contribution in [2.45, 2.75) is 0 Å². The summed E-state index contributed by atoms with van der Waals surface area (Å²) < 4.78 is 0. The summed E-state index contributed by atoms with van der Waals surface area (Å²) in [4.78, 5) is 17.8. The average Bonchev–Trinajstić information content (AvgIpc) is 2.29. The molecule has 1 N–H and O–H groups in total. The fourth-order valence-electron chi connectivity index (χ4n) is 1.25. The number of hydrogen-bond acceptors (Lipinski definition) is 3. The molecular formula is C11H7N3O. The number of aromatic amines is 1. The quantitative estimate of drug-likeness (QED) is 0.749. The Morgan fingerprint density at radius 3 is 2.67 bits per heavy atom. The first-order valence-electron chi connectivity index (χ1n) is 4.36. The zero-order valence-corrected chi connectivity index (χ0v) is 7.77. The van der Waals surface area contributed by atoms with Crippen molar-refractivity contribution < 1.29 is 0 Å². The standard InChI is InChI=1S/C11H7N3O/c12-7-9-6-10(15)14-11(13-9)8-4-2-1-3-5-8/h1-6H,(H,13,14,15). The molecule has 0 saturated heterocycles. The van der Waals surface area contributed by atoms with Gasteiger partial charge in [0.15, 0.2) is 0 Å². The van der Waals surface area contributed by atoms with E-state index in [2.05, 4.69) is 9.97 Å². The van der Waals surface area contributed by atoms with Crippen molar-refractivity contribution in [3.8, 4) is 17.5 Å². The first kappa shape index (κ1) is 9.16. The van der Waals surface area contributed by atoms with Crippen LogP contribution in [0.4, 0.5) is 0 Å². The van der Waals surface area contributed by atoms with E-state index in [0.29, 0.717) is 5.82 Å². The summed E-state index contributed by atoms with van der Waals surface area (Å²) in [6.07, 6.45) is 0. The van der Waals surface area contributed by atoms with Gasteiger partial charge < -0.3 is 4.98 Å². The number of hydrogen-bond donors (Lipinski definition) is 1. The van der Waals surface area contributed by atoms with Crippen LogP contribution in [0.5, 0.6) is 0 Å². The minimum absolute atomic E-state index is 0.123. The van der Waals surface area contributed by atoms with Gasteiger partial charge in [0.2, 0.25) is 0 Å². The Morgan fingerprint density at radius 2 is 2.00 bits per heavy atom. The molecule has 4 heteroatoms. The minimum atomic E-state index is -0.319. The van der Waals surface area contributed by atoms with Gasteiger partial charge in [-0.1, -0.05) is 30.3 Å². The topological polar surface area (TPSA) is 69.5 Å². The van der Waals surface area contributed by atoms with Gasteiger partial charge in [0.25, 0.3) is 5.56 Å². The second-order valence-electron chi connectivity index (χ2n) is 2.96. The molecule has 0 unspecified atom stereocenters. The predicted octanol–water partition coefficient (Wildman–Crippen LogP) is 1.31. The first-order chi connectivity index (χ1) is 7.29. The highest BCUT2D eigenvalue weighted by atomic mass is 16.1. The highest BCUT2D eigenvalue weighted by Crippen LogP contribution is 2.11. The molecule has 1 heterocycles. The smallest absolute Gasteiger partial charge is 0.252 e. The van der Waals surface area contributed by atoms with Gasteiger partial charge in [-0.3, -0.25) is 4.79 Å². The molecule has 0 atom stereocenters. The molecule has 0 aliphatic carbocycles. The molecule has 1 aromatic carbocycles. The fraction of sp³-hybridized carbons (Fsp3) is 0. The molecule has 0 radical (unpaired) electrons. The Labute approximate surface area is 85.8 Å². The molecule has 2 aromatic rings. The number of H-pyrrole nitrogens is 1. The zero-order valence-electron chi connectivity index (χ0n) is 7.77. The van der Waals surface area contributed by atoms with Crippen LogP contribution < -0.4 is 5.56 Å². The highest BCUT2D eigenvalue weighted by Gasteiger charge is 2.02. The van der Waals surface area contributed by atoms with E-state index in [-0.39, 0.29) is 11.3 Å². The van der Waals surface area contributed by atoms with Crippen LogP contribution in [0.1, 0.15) is 5.69 Å². The van der Waals surface area contributed by atoms with Crippen LogP contribution in [0.25, 0.3) is 11.4 Å². The van der Waals surface area contributed by atoms with Crippen LogP contribution in [0.15, 0.2) is 41.2 Å². The van der Waals surface area contributed by atoms with Crippen LogP contribution in [-0.4, -0.2) is 9.97 Å². The van der Waals surface area contributed by atoms with Crippen molar-refractivity contribution in [3.63, 3.8) is 0 Å². The van der Waals surface area contributed by atoms with Crippen LogP contribution in [0.2, 0.25) is 0 Å². The summed E-state index contributed by atoms with van der Waals surface area (Å²) in [5, 5.41) is 8.67. The summed E-state index contributed by atoms with van der Waals surface area (Å²) >= 11 is 0. The molecule has 0 spiro atoms. The van der Waals surface area contributed by atoms with Gasteiger partial charge in [-0.25, -0.2) is 4.98 Å². The lowest BCUT2D eigenvalue weighted by Gasteiger charge is -1.99. The Hall–Kier alpha value is -2.41. The number of rotatable bonds is 1. The third kappa shape index (κ3) is 1.92. The van der Waals surface area contributed by atoms with E-state index in [0.717, 1.165) is 5.56 Å². The van der Waals surface area contributed by atoms with E-state index < -0.39 is 0 Å². The maximum Gasteiger partial charge on any atom is 0.252 e. The van der Waals surface area contributed by atoms with E-state index in [4.69, 9.17) is 5.26 Å². The molecule has 0 aliphatic heterocycles. The molecular weight excluding hydrogens is 190 g/mol. The number of nitriles is 1. The van der Waals surface area contributed by atoms with Crippen molar-refractivity contribution >= 4 is 0 Å². The molecule has 0 aliphatic rings. The SMILES string of the molecule is N#Cc1cc(=O)[nH]c(-c2ccccc2)n1. The van der Waals surface area contributed by atoms with E-state index in [9.17, 15) is 4.79 Å². The molecule has 1 aromatic heterocycles. The number of nitrogens with zero attached hydrogens (tertiary/aromatic N) is 2. The van der Waals surface area contributed by atoms with Gasteiger partial charge in [-0.15, -0.1) is 0 Å². The minimum Gasteiger partial charge on any atom is -0.306 e. The third-order valence-corrected chi connectivity index (χ3v) is 1.90. The van der Waals surface area contributed by atoms with Crippen molar-refractivity contribution in [1.82, 2.24) is 9.97 Å². The van der Waals surface area contributed by atoms with Crippen LogP contribution >= 0.6 is 0 Å². The zero-order chi connectivity index (χ0) is 10.7. The Bertz CT molecular complexity index is 566. The average molecular weight is 197 g/mol. The normalized spacial score (nSPS) is 9.53. The van der Waals surface area contributed by atoms with E-state index >= 15 is 0 Å². The third-order valence-electron chi connectivity index (χ3n) is 1.90. The lowest BCUT2D eigenvalue weighted by molar-refractivity contribution is 1.10. The predicted molar refractivity (Wildman–Crippen MR) is 55.0 cm³/mol. The molecule has 2 rings (SSSR count). The van der Waals surface area contributed by atoms with Crippen molar-refractivity contribution in [2.75, 3.05) is 0 Å². The summed E-state index contributed by atoms with van der Waals surface area (Å²) in [5.74, 6) is 0.416. The summed E-state index contributed by atoms with van der Waals surface area (Å²) in [6, 6.07) is 12.2. The van der Waals surface area contributed by atoms with Crippen LogP contribution in [-0.2, 0) is 0 Å². The number of nitrogens with one attached hydrogen (secondary N) is 1. The van der Waals surface area contributed by atoms with Crippen molar-refractivity contribution in [1.29, 1.82) is 5.26 Å². The Balaban J connectivity index is 2.60. The van der Waals surface area contributed by atoms with E-state index in [1.807, 2.05) is 36.4 Å². The van der Waals surface area contributed by atoms with E-state index in [1.165, 1.54) is 6.07 Å².